The number of nitrogens with one attached hydrogen (secondary N) is 1. The van der Waals surface area contributed by atoms with Crippen molar-refractivity contribution in [1.29, 1.82) is 0 Å². The van der Waals surface area contributed by atoms with Crippen LogP contribution >= 0.6 is 0 Å². The first kappa shape index (κ1) is 13.4. The van der Waals surface area contributed by atoms with Gasteiger partial charge in [0.1, 0.15) is 0 Å². The fourth-order valence-corrected chi connectivity index (χ4v) is 3.04. The van der Waals surface area contributed by atoms with Gasteiger partial charge in [-0.15, -0.1) is 0 Å². The first-order chi connectivity index (χ1) is 8.86. The van der Waals surface area contributed by atoms with E-state index >= 15 is 0 Å². The SMILES string of the molecule is CCCC(CNC)N1CCCCc2ccccc21. The van der Waals surface area contributed by atoms with Gasteiger partial charge in [0.2, 0.25) is 0 Å². The lowest BCUT2D eigenvalue weighted by atomic mass is 10.1. The van der Waals surface area contributed by atoms with Crippen LogP contribution in [0.1, 0.15) is 38.2 Å². The van der Waals surface area contributed by atoms with Gasteiger partial charge in [-0.2, -0.15) is 0 Å². The van der Waals surface area contributed by atoms with Gasteiger partial charge in [0.25, 0.3) is 0 Å². The number of nitrogens with zero attached hydrogens (tertiary/aromatic N) is 1. The Morgan fingerprint density at radius 1 is 1.28 bits per heavy atom. The number of likely N-dealkylation sites (N-methyl/N-ethyl adjacent to an activating group) is 1. The highest BCUT2D eigenvalue weighted by molar-refractivity contribution is 5.55. The summed E-state index contributed by atoms with van der Waals surface area (Å²) >= 11 is 0. The molecule has 1 aliphatic heterocycles. The van der Waals surface area contributed by atoms with Crippen molar-refractivity contribution in [1.82, 2.24) is 5.32 Å². The van der Waals surface area contributed by atoms with Gasteiger partial charge in [-0.1, -0.05) is 31.5 Å². The molecule has 1 N–H and O–H groups in total. The molecule has 1 aliphatic rings. The van der Waals surface area contributed by atoms with Crippen LogP contribution in [-0.4, -0.2) is 26.2 Å². The number of hydrogen-bond donors (Lipinski definition) is 1. The van der Waals surface area contributed by atoms with Gasteiger partial charge >= 0.3 is 0 Å². The number of rotatable bonds is 5. The average molecular weight is 246 g/mol. The number of fused-ring (bicyclic) bond motifs is 1. The lowest BCUT2D eigenvalue weighted by molar-refractivity contribution is 0.513. The van der Waals surface area contributed by atoms with E-state index in [1.54, 1.807) is 0 Å². The van der Waals surface area contributed by atoms with Crippen molar-refractivity contribution in [3.8, 4) is 0 Å². The lowest BCUT2D eigenvalue weighted by Crippen LogP contribution is -2.42. The minimum Gasteiger partial charge on any atom is -0.367 e. The Balaban J connectivity index is 2.24. The summed E-state index contributed by atoms with van der Waals surface area (Å²) in [6, 6.07) is 9.60. The van der Waals surface area contributed by atoms with E-state index in [-0.39, 0.29) is 0 Å². The molecule has 0 saturated carbocycles. The molecule has 1 aromatic rings. The maximum atomic E-state index is 3.36. The smallest absolute Gasteiger partial charge is 0.0414 e. The molecule has 0 radical (unpaired) electrons. The first-order valence-electron chi connectivity index (χ1n) is 7.36. The summed E-state index contributed by atoms with van der Waals surface area (Å²) < 4.78 is 0. The van der Waals surface area contributed by atoms with E-state index in [1.165, 1.54) is 49.9 Å². The summed E-state index contributed by atoms with van der Waals surface area (Å²) in [7, 11) is 2.06. The second kappa shape index (κ2) is 6.79. The van der Waals surface area contributed by atoms with Crippen LogP contribution in [0.4, 0.5) is 5.69 Å². The van der Waals surface area contributed by atoms with Crippen LogP contribution in [0, 0.1) is 0 Å². The predicted molar refractivity (Wildman–Crippen MR) is 79.3 cm³/mol. The second-order valence-electron chi connectivity index (χ2n) is 5.28. The van der Waals surface area contributed by atoms with Crippen molar-refractivity contribution in [2.75, 3.05) is 25.0 Å². The molecule has 0 aromatic heterocycles. The molecule has 0 amide bonds. The molecule has 0 bridgehead atoms. The molecule has 100 valence electrons. The van der Waals surface area contributed by atoms with Crippen LogP contribution in [-0.2, 0) is 6.42 Å². The molecule has 1 atom stereocenters. The molecule has 2 nitrogen and oxygen atoms in total. The third-order valence-electron chi connectivity index (χ3n) is 3.90. The van der Waals surface area contributed by atoms with E-state index in [2.05, 4.69) is 48.5 Å². The van der Waals surface area contributed by atoms with Gasteiger partial charge in [0.15, 0.2) is 0 Å². The third-order valence-corrected chi connectivity index (χ3v) is 3.90. The first-order valence-corrected chi connectivity index (χ1v) is 7.36. The fourth-order valence-electron chi connectivity index (χ4n) is 3.04. The standard InChI is InChI=1S/C16H26N2/c1-3-8-15(13-17-2)18-12-7-6-10-14-9-4-5-11-16(14)18/h4-5,9,11,15,17H,3,6-8,10,12-13H2,1-2H3. The van der Waals surface area contributed by atoms with Crippen molar-refractivity contribution in [2.24, 2.45) is 0 Å². The zero-order valence-corrected chi connectivity index (χ0v) is 11.8. The van der Waals surface area contributed by atoms with E-state index in [0.29, 0.717) is 6.04 Å². The Labute approximate surface area is 111 Å². The number of benzene rings is 1. The number of aryl methyl sites for hydroxylation is 1. The molecule has 0 spiro atoms. The number of hydrogen-bond acceptors (Lipinski definition) is 2. The van der Waals surface area contributed by atoms with Gasteiger partial charge in [-0.3, -0.25) is 0 Å². The number of para-hydroxylation sites is 1. The normalized spacial score (nSPS) is 17.1. The minimum atomic E-state index is 0.638. The summed E-state index contributed by atoms with van der Waals surface area (Å²) in [6.07, 6.45) is 6.41. The highest BCUT2D eigenvalue weighted by Crippen LogP contribution is 2.28. The molecule has 2 heteroatoms. The molecule has 18 heavy (non-hydrogen) atoms. The molecule has 0 fully saturated rings. The van der Waals surface area contributed by atoms with E-state index in [4.69, 9.17) is 0 Å². The van der Waals surface area contributed by atoms with E-state index < -0.39 is 0 Å². The Hall–Kier alpha value is -1.02. The van der Waals surface area contributed by atoms with Crippen molar-refractivity contribution in [3.05, 3.63) is 29.8 Å². The molecule has 0 saturated heterocycles. The van der Waals surface area contributed by atoms with Gasteiger partial charge < -0.3 is 10.2 Å². The van der Waals surface area contributed by atoms with E-state index in [9.17, 15) is 0 Å². The summed E-state index contributed by atoms with van der Waals surface area (Å²) in [5, 5.41) is 3.36. The van der Waals surface area contributed by atoms with E-state index in [1.807, 2.05) is 0 Å². The largest absolute Gasteiger partial charge is 0.367 e. The minimum absolute atomic E-state index is 0.638. The van der Waals surface area contributed by atoms with E-state index in [0.717, 1.165) is 6.54 Å². The van der Waals surface area contributed by atoms with Crippen LogP contribution in [0.3, 0.4) is 0 Å². The molecule has 1 heterocycles. The fraction of sp³-hybridized carbons (Fsp3) is 0.625. The van der Waals surface area contributed by atoms with Gasteiger partial charge in [0, 0.05) is 24.8 Å². The summed E-state index contributed by atoms with van der Waals surface area (Å²) in [5.41, 5.74) is 3.01. The lowest BCUT2D eigenvalue weighted by Gasteiger charge is -2.34. The van der Waals surface area contributed by atoms with Crippen LogP contribution < -0.4 is 10.2 Å². The van der Waals surface area contributed by atoms with Crippen molar-refractivity contribution < 1.29 is 0 Å². The molecule has 1 unspecified atom stereocenters. The maximum absolute atomic E-state index is 3.36. The summed E-state index contributed by atoms with van der Waals surface area (Å²) in [5.74, 6) is 0. The molecular weight excluding hydrogens is 220 g/mol. The Bertz CT molecular complexity index is 356. The monoisotopic (exact) mass is 246 g/mol. The number of anilines is 1. The van der Waals surface area contributed by atoms with Gasteiger partial charge in [-0.25, -0.2) is 0 Å². The zero-order chi connectivity index (χ0) is 12.8. The maximum Gasteiger partial charge on any atom is 0.0414 e. The molecule has 2 rings (SSSR count). The van der Waals surface area contributed by atoms with Crippen molar-refractivity contribution >= 4 is 5.69 Å². The Kier molecular flexibility index (Phi) is 5.06. The zero-order valence-electron chi connectivity index (χ0n) is 11.8. The van der Waals surface area contributed by atoms with Crippen molar-refractivity contribution in [3.63, 3.8) is 0 Å². The Morgan fingerprint density at radius 3 is 2.89 bits per heavy atom. The van der Waals surface area contributed by atoms with Gasteiger partial charge in [0.05, 0.1) is 0 Å². The van der Waals surface area contributed by atoms with Gasteiger partial charge in [-0.05, 0) is 44.4 Å². The quantitative estimate of drug-likeness (QED) is 0.858. The summed E-state index contributed by atoms with van der Waals surface area (Å²) in [4.78, 5) is 2.64. The van der Waals surface area contributed by atoms with Crippen molar-refractivity contribution in [2.45, 2.75) is 45.1 Å². The van der Waals surface area contributed by atoms with Crippen LogP contribution in [0.5, 0.6) is 0 Å². The van der Waals surface area contributed by atoms with Crippen LogP contribution in [0.15, 0.2) is 24.3 Å². The van der Waals surface area contributed by atoms with Crippen LogP contribution in [0.25, 0.3) is 0 Å². The molecular formula is C16H26N2. The van der Waals surface area contributed by atoms with Crippen LogP contribution in [0.2, 0.25) is 0 Å². The highest BCUT2D eigenvalue weighted by Gasteiger charge is 2.21. The second-order valence-corrected chi connectivity index (χ2v) is 5.28. The molecule has 0 aliphatic carbocycles. The summed E-state index contributed by atoms with van der Waals surface area (Å²) in [6.45, 7) is 4.58. The molecule has 1 aromatic carbocycles. The topological polar surface area (TPSA) is 15.3 Å². The third kappa shape index (κ3) is 3.05. The predicted octanol–water partition coefficient (Wildman–Crippen LogP) is 3.22. The average Bonchev–Trinajstić information content (AvgIpc) is 2.61. The Morgan fingerprint density at radius 2 is 2.11 bits per heavy atom. The highest BCUT2D eigenvalue weighted by atomic mass is 15.2.